The molecule has 0 radical (unpaired) electrons. The molecule has 1 aliphatic rings. The van der Waals surface area contributed by atoms with Gasteiger partial charge in [-0.2, -0.15) is 5.10 Å². The number of nitrogens with zero attached hydrogens (tertiary/aromatic N) is 1. The van der Waals surface area contributed by atoms with Crippen molar-refractivity contribution in [2.75, 3.05) is 0 Å². The van der Waals surface area contributed by atoms with E-state index in [0.29, 0.717) is 11.3 Å². The Morgan fingerprint density at radius 2 is 2.17 bits per heavy atom. The third-order valence-electron chi connectivity index (χ3n) is 4.87. The fourth-order valence-corrected chi connectivity index (χ4v) is 5.12. The summed E-state index contributed by atoms with van der Waals surface area (Å²) < 4.78 is 0. The molecule has 0 fully saturated rings. The number of hydrazone groups is 1. The van der Waals surface area contributed by atoms with Gasteiger partial charge in [0.25, 0.3) is 5.91 Å². The Morgan fingerprint density at radius 1 is 1.38 bits per heavy atom. The van der Waals surface area contributed by atoms with E-state index in [0.717, 1.165) is 29.7 Å². The lowest BCUT2D eigenvalue weighted by molar-refractivity contribution is 0.0954. The molecule has 0 spiro atoms. The van der Waals surface area contributed by atoms with Crippen LogP contribution in [0.2, 0.25) is 0 Å². The number of fused-ring (bicyclic) bond motifs is 1. The van der Waals surface area contributed by atoms with Gasteiger partial charge in [-0.05, 0) is 60.1 Å². The summed E-state index contributed by atoms with van der Waals surface area (Å²) in [7, 11) is 0. The predicted molar refractivity (Wildman–Crippen MR) is 103 cm³/mol. The number of carbonyl (C=O) groups is 1. The minimum Gasteiger partial charge on any atom is -0.267 e. The van der Waals surface area contributed by atoms with Crippen LogP contribution in [0.4, 0.5) is 0 Å². The van der Waals surface area contributed by atoms with Gasteiger partial charge in [0.1, 0.15) is 0 Å². The minimum atomic E-state index is -0.0906. The van der Waals surface area contributed by atoms with Crippen molar-refractivity contribution in [3.8, 4) is 0 Å². The topological polar surface area (TPSA) is 41.5 Å². The van der Waals surface area contributed by atoms with E-state index < -0.39 is 0 Å². The molecule has 0 unspecified atom stereocenters. The average Bonchev–Trinajstić information content (AvgIpc) is 3.12. The van der Waals surface area contributed by atoms with Crippen molar-refractivity contribution in [2.24, 2.45) is 16.4 Å². The summed E-state index contributed by atoms with van der Waals surface area (Å²) in [6.45, 7) is 8.97. The maximum Gasteiger partial charge on any atom is 0.272 e. The molecule has 0 aromatic carbocycles. The molecule has 24 heavy (non-hydrogen) atoms. The molecule has 128 valence electrons. The number of hydrogen-bond donors (Lipinski definition) is 1. The zero-order chi connectivity index (χ0) is 17.3. The number of amides is 1. The fourth-order valence-electron chi connectivity index (χ4n) is 3.17. The lowest BCUT2D eigenvalue weighted by Crippen LogP contribution is -2.27. The van der Waals surface area contributed by atoms with Crippen LogP contribution in [0.15, 0.2) is 21.9 Å². The van der Waals surface area contributed by atoms with Crippen molar-refractivity contribution in [1.29, 1.82) is 0 Å². The monoisotopic (exact) mass is 360 g/mol. The molecule has 1 N–H and O–H groups in total. The third-order valence-corrected chi connectivity index (χ3v) is 6.88. The second-order valence-electron chi connectivity index (χ2n) is 7.52. The van der Waals surface area contributed by atoms with E-state index >= 15 is 0 Å². The number of nitrogens with one attached hydrogen (secondary N) is 1. The van der Waals surface area contributed by atoms with Crippen LogP contribution in [0.25, 0.3) is 0 Å². The lowest BCUT2D eigenvalue weighted by Gasteiger charge is -2.33. The van der Waals surface area contributed by atoms with E-state index in [9.17, 15) is 4.79 Å². The SMILES string of the molecule is Cc1ccsc1/C=N\NC(=O)c1csc2c1CC[C@H](C(C)(C)C)C2. The third kappa shape index (κ3) is 3.62. The Bertz CT molecular complexity index is 765. The molecule has 2 aromatic rings. The van der Waals surface area contributed by atoms with E-state index in [1.165, 1.54) is 16.0 Å². The Hall–Kier alpha value is -1.46. The molecule has 0 bridgehead atoms. The smallest absolute Gasteiger partial charge is 0.267 e. The summed E-state index contributed by atoms with van der Waals surface area (Å²) >= 11 is 3.35. The first-order valence-corrected chi connectivity index (χ1v) is 10.1. The Morgan fingerprint density at radius 3 is 2.83 bits per heavy atom. The maximum absolute atomic E-state index is 12.5. The van der Waals surface area contributed by atoms with E-state index in [1.54, 1.807) is 28.9 Å². The van der Waals surface area contributed by atoms with Gasteiger partial charge in [0.2, 0.25) is 0 Å². The van der Waals surface area contributed by atoms with Crippen molar-refractivity contribution in [3.05, 3.63) is 43.3 Å². The highest BCUT2D eigenvalue weighted by Gasteiger charge is 2.31. The number of carbonyl (C=O) groups excluding carboxylic acids is 1. The van der Waals surface area contributed by atoms with Crippen molar-refractivity contribution in [1.82, 2.24) is 5.43 Å². The predicted octanol–water partition coefficient (Wildman–Crippen LogP) is 5.03. The van der Waals surface area contributed by atoms with Gasteiger partial charge < -0.3 is 0 Å². The van der Waals surface area contributed by atoms with Crippen molar-refractivity contribution in [2.45, 2.75) is 47.0 Å². The number of hydrogen-bond acceptors (Lipinski definition) is 4. The number of thiophene rings is 2. The van der Waals surface area contributed by atoms with Crippen LogP contribution in [0.3, 0.4) is 0 Å². The quantitative estimate of drug-likeness (QED) is 0.605. The van der Waals surface area contributed by atoms with Gasteiger partial charge in [0, 0.05) is 15.1 Å². The largest absolute Gasteiger partial charge is 0.272 e. The fraction of sp³-hybridized carbons (Fsp3) is 0.474. The first-order valence-electron chi connectivity index (χ1n) is 8.33. The van der Waals surface area contributed by atoms with Crippen LogP contribution in [0, 0.1) is 18.3 Å². The Labute approximate surface area is 151 Å². The van der Waals surface area contributed by atoms with E-state index in [1.807, 2.05) is 17.7 Å². The zero-order valence-electron chi connectivity index (χ0n) is 14.7. The summed E-state index contributed by atoms with van der Waals surface area (Å²) in [5.74, 6) is 0.603. The number of aryl methyl sites for hydroxylation is 1. The summed E-state index contributed by atoms with van der Waals surface area (Å²) in [6.07, 6.45) is 4.98. The van der Waals surface area contributed by atoms with Crippen LogP contribution in [0.1, 0.15) is 58.4 Å². The molecular weight excluding hydrogens is 336 g/mol. The summed E-state index contributed by atoms with van der Waals surface area (Å²) in [5.41, 5.74) is 6.24. The van der Waals surface area contributed by atoms with Crippen molar-refractivity contribution >= 4 is 34.8 Å². The molecule has 0 saturated heterocycles. The highest BCUT2D eigenvalue weighted by atomic mass is 32.1. The van der Waals surface area contributed by atoms with Gasteiger partial charge in [-0.3, -0.25) is 4.79 Å². The van der Waals surface area contributed by atoms with E-state index in [4.69, 9.17) is 0 Å². The van der Waals surface area contributed by atoms with Crippen LogP contribution < -0.4 is 5.43 Å². The first kappa shape index (κ1) is 17.4. The molecule has 3 rings (SSSR count). The molecule has 3 nitrogen and oxygen atoms in total. The Balaban J connectivity index is 1.68. The van der Waals surface area contributed by atoms with Gasteiger partial charge in [0.05, 0.1) is 11.8 Å². The standard InChI is InChI=1S/C19H24N2OS2/c1-12-7-8-23-17(12)10-20-21-18(22)15-11-24-16-9-13(19(2,3)4)5-6-14(15)16/h7-8,10-11,13H,5-6,9H2,1-4H3,(H,21,22)/b20-10-/t13-/m0/s1. The van der Waals surface area contributed by atoms with Crippen LogP contribution in [-0.2, 0) is 12.8 Å². The van der Waals surface area contributed by atoms with E-state index in [-0.39, 0.29) is 5.91 Å². The first-order chi connectivity index (χ1) is 11.4. The molecule has 1 aliphatic carbocycles. The second kappa shape index (κ2) is 6.81. The summed E-state index contributed by atoms with van der Waals surface area (Å²) in [5, 5.41) is 8.15. The zero-order valence-corrected chi connectivity index (χ0v) is 16.3. The second-order valence-corrected chi connectivity index (χ2v) is 9.44. The molecule has 2 aromatic heterocycles. The molecular formula is C19H24N2OS2. The van der Waals surface area contributed by atoms with Gasteiger partial charge >= 0.3 is 0 Å². The normalized spacial score (nSPS) is 17.9. The van der Waals surface area contributed by atoms with Crippen molar-refractivity contribution in [3.63, 3.8) is 0 Å². The molecule has 2 heterocycles. The Kier molecular flexibility index (Phi) is 4.92. The molecule has 0 saturated carbocycles. The van der Waals surface area contributed by atoms with Crippen LogP contribution in [-0.4, -0.2) is 12.1 Å². The van der Waals surface area contributed by atoms with Crippen LogP contribution >= 0.6 is 22.7 Å². The molecule has 1 amide bonds. The average molecular weight is 361 g/mol. The van der Waals surface area contributed by atoms with Gasteiger partial charge in [-0.25, -0.2) is 5.43 Å². The summed E-state index contributed by atoms with van der Waals surface area (Å²) in [4.78, 5) is 14.9. The maximum atomic E-state index is 12.5. The summed E-state index contributed by atoms with van der Waals surface area (Å²) in [6, 6.07) is 2.05. The van der Waals surface area contributed by atoms with Gasteiger partial charge in [-0.1, -0.05) is 20.8 Å². The van der Waals surface area contributed by atoms with E-state index in [2.05, 4.69) is 37.4 Å². The molecule has 0 aliphatic heterocycles. The number of rotatable bonds is 3. The van der Waals surface area contributed by atoms with Crippen LogP contribution in [0.5, 0.6) is 0 Å². The van der Waals surface area contributed by atoms with Crippen molar-refractivity contribution < 1.29 is 4.79 Å². The lowest BCUT2D eigenvalue weighted by atomic mass is 9.72. The highest BCUT2D eigenvalue weighted by Crippen LogP contribution is 2.40. The minimum absolute atomic E-state index is 0.0906. The molecule has 5 heteroatoms. The molecule has 1 atom stereocenters. The van der Waals surface area contributed by atoms with Gasteiger partial charge in [0.15, 0.2) is 0 Å². The highest BCUT2D eigenvalue weighted by molar-refractivity contribution is 7.12. The van der Waals surface area contributed by atoms with Gasteiger partial charge in [-0.15, -0.1) is 22.7 Å².